The minimum atomic E-state index is -3.63. The number of carbonyl (C=O) groups excluding carboxylic acids is 2. The molecule has 1 unspecified atom stereocenters. The van der Waals surface area contributed by atoms with E-state index >= 15 is 0 Å². The van der Waals surface area contributed by atoms with Gasteiger partial charge in [0.05, 0.1) is 11.9 Å². The molecule has 7 nitrogen and oxygen atoms in total. The number of nitrogens with zero attached hydrogens (tertiary/aromatic N) is 2. The van der Waals surface area contributed by atoms with Crippen LogP contribution in [0.25, 0.3) is 0 Å². The second-order valence-corrected chi connectivity index (χ2v) is 11.1. The van der Waals surface area contributed by atoms with Crippen LogP contribution in [0.3, 0.4) is 0 Å². The minimum Gasteiger partial charge on any atom is -0.354 e. The molecule has 1 N–H and O–H groups in total. The average Bonchev–Trinajstić information content (AvgIpc) is 2.78. The van der Waals surface area contributed by atoms with E-state index in [9.17, 15) is 22.4 Å². The minimum absolute atomic E-state index is 0.0564. The van der Waals surface area contributed by atoms with Gasteiger partial charge in [0.25, 0.3) is 0 Å². The largest absolute Gasteiger partial charge is 0.354 e. The lowest BCUT2D eigenvalue weighted by atomic mass is 10.1. The van der Waals surface area contributed by atoms with Crippen molar-refractivity contribution in [3.8, 4) is 0 Å². The molecule has 0 fully saturated rings. The first kappa shape index (κ1) is 28.3. The summed E-state index contributed by atoms with van der Waals surface area (Å²) in [4.78, 5) is 27.5. The van der Waals surface area contributed by atoms with Gasteiger partial charge in [-0.1, -0.05) is 43.7 Å². The highest BCUT2D eigenvalue weighted by Crippen LogP contribution is 2.20. The lowest BCUT2D eigenvalue weighted by molar-refractivity contribution is -0.140. The molecule has 1 atom stereocenters. The number of rotatable bonds is 12. The highest BCUT2D eigenvalue weighted by Gasteiger charge is 2.26. The number of anilines is 1. The van der Waals surface area contributed by atoms with Crippen LogP contribution in [0.15, 0.2) is 48.5 Å². The fourth-order valence-electron chi connectivity index (χ4n) is 3.65. The Hall–Kier alpha value is -2.94. The third kappa shape index (κ3) is 8.98. The van der Waals surface area contributed by atoms with Gasteiger partial charge in [0.1, 0.15) is 11.9 Å². The third-order valence-corrected chi connectivity index (χ3v) is 6.75. The molecular formula is C26H36FN3O4S. The summed E-state index contributed by atoms with van der Waals surface area (Å²) in [5.74, 6) is -0.663. The Morgan fingerprint density at radius 1 is 1.06 bits per heavy atom. The highest BCUT2D eigenvalue weighted by atomic mass is 32.2. The lowest BCUT2D eigenvalue weighted by Gasteiger charge is -2.30. The quantitative estimate of drug-likeness (QED) is 0.475. The fraction of sp³-hybridized carbons (Fsp3) is 0.462. The van der Waals surface area contributed by atoms with Crippen LogP contribution in [0, 0.1) is 18.7 Å². The number of sulfonamides is 1. The third-order valence-electron chi connectivity index (χ3n) is 5.55. The van der Waals surface area contributed by atoms with Crippen LogP contribution in [0.2, 0.25) is 0 Å². The Morgan fingerprint density at radius 2 is 1.71 bits per heavy atom. The molecule has 2 aromatic carbocycles. The number of aryl methyl sites for hydroxylation is 1. The zero-order valence-corrected chi connectivity index (χ0v) is 21.9. The Bertz CT molecular complexity index is 1100. The van der Waals surface area contributed by atoms with Crippen molar-refractivity contribution in [1.29, 1.82) is 0 Å². The van der Waals surface area contributed by atoms with Crippen molar-refractivity contribution in [1.82, 2.24) is 10.2 Å². The highest BCUT2D eigenvalue weighted by molar-refractivity contribution is 7.92. The monoisotopic (exact) mass is 505 g/mol. The van der Waals surface area contributed by atoms with Crippen LogP contribution in [0.1, 0.15) is 44.7 Å². The summed E-state index contributed by atoms with van der Waals surface area (Å²) in [6.07, 6.45) is 1.37. The normalized spacial score (nSPS) is 12.3. The molecule has 35 heavy (non-hydrogen) atoms. The zero-order valence-electron chi connectivity index (χ0n) is 21.1. The zero-order chi connectivity index (χ0) is 26.2. The number of hydrogen-bond donors (Lipinski definition) is 1. The molecule has 0 aromatic heterocycles. The second kappa shape index (κ2) is 12.7. The predicted molar refractivity (Wildman–Crippen MR) is 137 cm³/mol. The molecule has 0 saturated carbocycles. The van der Waals surface area contributed by atoms with Crippen molar-refractivity contribution in [3.05, 3.63) is 65.5 Å². The molecule has 2 amide bonds. The van der Waals surface area contributed by atoms with E-state index in [1.165, 1.54) is 29.2 Å². The van der Waals surface area contributed by atoms with Crippen molar-refractivity contribution >= 4 is 27.5 Å². The first-order valence-electron chi connectivity index (χ1n) is 11.7. The first-order valence-corrected chi connectivity index (χ1v) is 13.6. The molecule has 0 saturated heterocycles. The van der Waals surface area contributed by atoms with Gasteiger partial charge in [-0.3, -0.25) is 13.9 Å². The molecule has 0 aliphatic carbocycles. The van der Waals surface area contributed by atoms with Gasteiger partial charge >= 0.3 is 0 Å². The van der Waals surface area contributed by atoms with Crippen LogP contribution in [-0.2, 0) is 26.2 Å². The van der Waals surface area contributed by atoms with Crippen molar-refractivity contribution in [2.75, 3.05) is 23.7 Å². The van der Waals surface area contributed by atoms with Gasteiger partial charge in [0, 0.05) is 26.1 Å². The summed E-state index contributed by atoms with van der Waals surface area (Å²) in [6.45, 7) is 8.49. The lowest BCUT2D eigenvalue weighted by Crippen LogP contribution is -2.48. The first-order chi connectivity index (χ1) is 16.4. The van der Waals surface area contributed by atoms with E-state index in [4.69, 9.17) is 0 Å². The molecule has 0 spiro atoms. The molecule has 9 heteroatoms. The smallest absolute Gasteiger partial charge is 0.242 e. The number of benzene rings is 2. The van der Waals surface area contributed by atoms with Gasteiger partial charge in [-0.05, 0) is 56.0 Å². The Morgan fingerprint density at radius 3 is 2.29 bits per heavy atom. The summed E-state index contributed by atoms with van der Waals surface area (Å²) in [6, 6.07) is 12.2. The molecule has 192 valence electrons. The fourth-order valence-corrected chi connectivity index (χ4v) is 4.62. The van der Waals surface area contributed by atoms with E-state index < -0.39 is 21.9 Å². The maximum Gasteiger partial charge on any atom is 0.242 e. The van der Waals surface area contributed by atoms with E-state index in [0.717, 1.165) is 21.7 Å². The van der Waals surface area contributed by atoms with E-state index in [2.05, 4.69) is 5.32 Å². The van der Waals surface area contributed by atoms with Gasteiger partial charge in [-0.25, -0.2) is 12.8 Å². The van der Waals surface area contributed by atoms with Crippen LogP contribution >= 0.6 is 0 Å². The molecule has 0 bridgehead atoms. The van der Waals surface area contributed by atoms with Gasteiger partial charge in [-0.2, -0.15) is 0 Å². The van der Waals surface area contributed by atoms with Crippen molar-refractivity contribution in [3.63, 3.8) is 0 Å². The van der Waals surface area contributed by atoms with Gasteiger partial charge in [0.2, 0.25) is 21.8 Å². The predicted octanol–water partition coefficient (Wildman–Crippen LogP) is 3.87. The van der Waals surface area contributed by atoms with Crippen LogP contribution in [-0.4, -0.2) is 50.5 Å². The summed E-state index contributed by atoms with van der Waals surface area (Å²) in [7, 11) is -3.63. The van der Waals surface area contributed by atoms with Gasteiger partial charge in [-0.15, -0.1) is 0 Å². The molecule has 0 aliphatic heterocycles. The SMILES string of the molecule is Cc1cccc(CN(C(=O)CCCN(c2ccc(F)cc2)S(C)(=O)=O)C(C)C(=O)NCC(C)C)c1. The molecule has 0 heterocycles. The van der Waals surface area contributed by atoms with E-state index in [1.54, 1.807) is 6.92 Å². The van der Waals surface area contributed by atoms with E-state index in [-0.39, 0.29) is 43.7 Å². The molecular weight excluding hydrogens is 469 g/mol. The van der Waals surface area contributed by atoms with Crippen LogP contribution in [0.4, 0.5) is 10.1 Å². The number of amides is 2. The summed E-state index contributed by atoms with van der Waals surface area (Å²) in [5, 5.41) is 2.88. The molecule has 0 aliphatic rings. The number of halogens is 1. The maximum absolute atomic E-state index is 13.3. The molecule has 2 rings (SSSR count). The maximum atomic E-state index is 13.3. The summed E-state index contributed by atoms with van der Waals surface area (Å²) in [5.41, 5.74) is 2.29. The summed E-state index contributed by atoms with van der Waals surface area (Å²) < 4.78 is 39.1. The number of carbonyl (C=O) groups is 2. The molecule has 2 aromatic rings. The van der Waals surface area contributed by atoms with Crippen molar-refractivity contribution in [2.45, 2.75) is 53.1 Å². The Labute approximate surface area is 208 Å². The topological polar surface area (TPSA) is 86.8 Å². The van der Waals surface area contributed by atoms with Crippen LogP contribution in [0.5, 0.6) is 0 Å². The average molecular weight is 506 g/mol. The van der Waals surface area contributed by atoms with Gasteiger partial charge in [0.15, 0.2) is 0 Å². The van der Waals surface area contributed by atoms with Crippen LogP contribution < -0.4 is 9.62 Å². The summed E-state index contributed by atoms with van der Waals surface area (Å²) >= 11 is 0. The molecule has 0 radical (unpaired) electrons. The Balaban J connectivity index is 2.15. The van der Waals surface area contributed by atoms with Crippen molar-refractivity contribution < 1.29 is 22.4 Å². The van der Waals surface area contributed by atoms with E-state index in [0.29, 0.717) is 12.2 Å². The standard InChI is InChI=1S/C26H36FN3O4S/c1-19(2)17-28-26(32)21(4)29(18-22-9-6-8-20(3)16-22)25(31)10-7-15-30(35(5,33)34)24-13-11-23(27)12-14-24/h6,8-9,11-14,16,19,21H,7,10,15,17-18H2,1-5H3,(H,28,32). The second-order valence-electron chi connectivity index (χ2n) is 9.24. The number of nitrogens with one attached hydrogen (secondary N) is 1. The number of hydrogen-bond acceptors (Lipinski definition) is 4. The van der Waals surface area contributed by atoms with E-state index in [1.807, 2.05) is 45.0 Å². The van der Waals surface area contributed by atoms with Crippen molar-refractivity contribution in [2.24, 2.45) is 5.92 Å². The Kier molecular flexibility index (Phi) is 10.2. The van der Waals surface area contributed by atoms with Gasteiger partial charge < -0.3 is 10.2 Å².